The summed E-state index contributed by atoms with van der Waals surface area (Å²) in [7, 11) is 2.97. The highest BCUT2D eigenvalue weighted by molar-refractivity contribution is 5.80. The number of methoxy groups -OCH3 is 2. The molecular weight excluding hydrogens is 180 g/mol. The van der Waals surface area contributed by atoms with E-state index >= 15 is 0 Å². The zero-order valence-corrected chi connectivity index (χ0v) is 8.40. The molecule has 76 valence electrons. The van der Waals surface area contributed by atoms with Crippen molar-refractivity contribution >= 4 is 5.97 Å². The van der Waals surface area contributed by atoms with Crippen LogP contribution in [0.25, 0.3) is 0 Å². The number of carbonyl (C=O) groups is 1. The van der Waals surface area contributed by atoms with Crippen molar-refractivity contribution in [3.05, 3.63) is 43.0 Å². The normalized spacial score (nSPS) is 7.86. The van der Waals surface area contributed by atoms with Crippen LogP contribution in [0.4, 0.5) is 0 Å². The van der Waals surface area contributed by atoms with E-state index in [4.69, 9.17) is 4.74 Å². The SMILES string of the molecule is C=CC(=O)OC.COc1ccccc1. The monoisotopic (exact) mass is 194 g/mol. The maximum absolute atomic E-state index is 9.84. The van der Waals surface area contributed by atoms with E-state index in [-0.39, 0.29) is 0 Å². The Balaban J connectivity index is 0.000000255. The van der Waals surface area contributed by atoms with Gasteiger partial charge in [0.2, 0.25) is 0 Å². The molecule has 0 aliphatic carbocycles. The van der Waals surface area contributed by atoms with Crippen molar-refractivity contribution in [2.24, 2.45) is 0 Å². The zero-order chi connectivity index (χ0) is 10.8. The van der Waals surface area contributed by atoms with Crippen molar-refractivity contribution in [3.8, 4) is 5.75 Å². The smallest absolute Gasteiger partial charge is 0.329 e. The fourth-order valence-electron chi connectivity index (χ4n) is 0.640. The summed E-state index contributed by atoms with van der Waals surface area (Å²) in [5, 5.41) is 0. The van der Waals surface area contributed by atoms with Crippen LogP contribution in [-0.4, -0.2) is 20.2 Å². The number of ether oxygens (including phenoxy) is 2. The zero-order valence-electron chi connectivity index (χ0n) is 8.40. The van der Waals surface area contributed by atoms with Gasteiger partial charge in [-0.25, -0.2) is 4.79 Å². The average Bonchev–Trinajstić information content (AvgIpc) is 2.30. The molecule has 0 aromatic heterocycles. The van der Waals surface area contributed by atoms with Gasteiger partial charge in [0.25, 0.3) is 0 Å². The molecule has 0 fully saturated rings. The van der Waals surface area contributed by atoms with Crippen molar-refractivity contribution in [1.29, 1.82) is 0 Å². The Bertz CT molecular complexity index is 267. The Hall–Kier alpha value is -1.77. The molecule has 0 saturated heterocycles. The number of hydrogen-bond donors (Lipinski definition) is 0. The van der Waals surface area contributed by atoms with Gasteiger partial charge >= 0.3 is 5.97 Å². The molecule has 0 bridgehead atoms. The lowest BCUT2D eigenvalue weighted by Crippen LogP contribution is -1.91. The van der Waals surface area contributed by atoms with Gasteiger partial charge in [0, 0.05) is 6.08 Å². The fourth-order valence-corrected chi connectivity index (χ4v) is 0.640. The van der Waals surface area contributed by atoms with Crippen molar-refractivity contribution < 1.29 is 14.3 Å². The predicted octanol–water partition coefficient (Wildman–Crippen LogP) is 2.04. The number of benzene rings is 1. The lowest BCUT2D eigenvalue weighted by atomic mass is 10.3. The number of esters is 1. The summed E-state index contributed by atoms with van der Waals surface area (Å²) < 4.78 is 9.06. The first-order chi connectivity index (χ1) is 6.74. The number of rotatable bonds is 2. The van der Waals surface area contributed by atoms with Crippen LogP contribution in [0.3, 0.4) is 0 Å². The molecule has 0 atom stereocenters. The summed E-state index contributed by atoms with van der Waals surface area (Å²) in [6, 6.07) is 9.68. The van der Waals surface area contributed by atoms with E-state index in [0.717, 1.165) is 11.8 Å². The Morgan fingerprint density at radius 2 is 1.86 bits per heavy atom. The Morgan fingerprint density at radius 3 is 2.07 bits per heavy atom. The van der Waals surface area contributed by atoms with E-state index in [1.54, 1.807) is 7.11 Å². The molecule has 1 aromatic carbocycles. The number of hydrogen-bond acceptors (Lipinski definition) is 3. The molecule has 0 spiro atoms. The van der Waals surface area contributed by atoms with Crippen molar-refractivity contribution in [1.82, 2.24) is 0 Å². The van der Waals surface area contributed by atoms with Crippen molar-refractivity contribution in [2.45, 2.75) is 0 Å². The van der Waals surface area contributed by atoms with Gasteiger partial charge in [0.15, 0.2) is 0 Å². The van der Waals surface area contributed by atoms with E-state index in [1.165, 1.54) is 7.11 Å². The minimum Gasteiger partial charge on any atom is -0.497 e. The fraction of sp³-hybridized carbons (Fsp3) is 0.182. The molecule has 1 aromatic rings. The van der Waals surface area contributed by atoms with Gasteiger partial charge in [-0.05, 0) is 12.1 Å². The van der Waals surface area contributed by atoms with Crippen LogP contribution in [0.1, 0.15) is 0 Å². The minimum atomic E-state index is -0.394. The standard InChI is InChI=1S/C7H8O.C4H6O2/c1-8-7-5-3-2-4-6-7;1-3-4(5)6-2/h2-6H,1H3;3H,1H2,2H3. The van der Waals surface area contributed by atoms with E-state index in [9.17, 15) is 4.79 Å². The number of carbonyl (C=O) groups excluding carboxylic acids is 1. The predicted molar refractivity (Wildman–Crippen MR) is 55.2 cm³/mol. The van der Waals surface area contributed by atoms with Crippen LogP contribution in [0.2, 0.25) is 0 Å². The molecule has 0 N–H and O–H groups in total. The van der Waals surface area contributed by atoms with Crippen LogP contribution < -0.4 is 4.74 Å². The highest BCUT2D eigenvalue weighted by atomic mass is 16.5. The molecule has 0 amide bonds. The van der Waals surface area contributed by atoms with Crippen molar-refractivity contribution in [2.75, 3.05) is 14.2 Å². The topological polar surface area (TPSA) is 35.5 Å². The highest BCUT2D eigenvalue weighted by Gasteiger charge is 1.82. The van der Waals surface area contributed by atoms with Gasteiger partial charge in [-0.15, -0.1) is 0 Å². The molecule has 0 aliphatic rings. The first kappa shape index (κ1) is 12.2. The quantitative estimate of drug-likeness (QED) is 0.534. The summed E-state index contributed by atoms with van der Waals surface area (Å²) in [6.07, 6.45) is 1.11. The molecule has 0 heterocycles. The van der Waals surface area contributed by atoms with Gasteiger partial charge in [0.05, 0.1) is 14.2 Å². The first-order valence-electron chi connectivity index (χ1n) is 4.04. The summed E-state index contributed by atoms with van der Waals surface area (Å²) in [5.41, 5.74) is 0. The molecule has 0 aliphatic heterocycles. The minimum absolute atomic E-state index is 0.394. The van der Waals surface area contributed by atoms with E-state index in [1.807, 2.05) is 30.3 Å². The maximum atomic E-state index is 9.84. The Morgan fingerprint density at radius 1 is 1.29 bits per heavy atom. The molecule has 3 heteroatoms. The van der Waals surface area contributed by atoms with Gasteiger partial charge in [-0.1, -0.05) is 24.8 Å². The maximum Gasteiger partial charge on any atom is 0.329 e. The van der Waals surface area contributed by atoms with E-state index in [2.05, 4.69) is 11.3 Å². The molecular formula is C11H14O3. The van der Waals surface area contributed by atoms with Gasteiger partial charge < -0.3 is 9.47 Å². The van der Waals surface area contributed by atoms with Gasteiger partial charge in [-0.3, -0.25) is 0 Å². The first-order valence-corrected chi connectivity index (χ1v) is 4.04. The summed E-state index contributed by atoms with van der Waals surface area (Å²) >= 11 is 0. The van der Waals surface area contributed by atoms with E-state index < -0.39 is 5.97 Å². The van der Waals surface area contributed by atoms with Crippen molar-refractivity contribution in [3.63, 3.8) is 0 Å². The second-order valence-electron chi connectivity index (χ2n) is 2.24. The average molecular weight is 194 g/mol. The Labute approximate surface area is 84.0 Å². The van der Waals surface area contributed by atoms with Crippen LogP contribution in [-0.2, 0) is 9.53 Å². The summed E-state index contributed by atoms with van der Waals surface area (Å²) in [6.45, 7) is 3.16. The molecule has 14 heavy (non-hydrogen) atoms. The van der Waals surface area contributed by atoms with Crippen LogP contribution >= 0.6 is 0 Å². The highest BCUT2D eigenvalue weighted by Crippen LogP contribution is 2.05. The third-order valence-electron chi connectivity index (χ3n) is 1.35. The van der Waals surface area contributed by atoms with Gasteiger partial charge in [0.1, 0.15) is 5.75 Å². The molecule has 0 unspecified atom stereocenters. The van der Waals surface area contributed by atoms with Crippen LogP contribution in [0.15, 0.2) is 43.0 Å². The molecule has 3 nitrogen and oxygen atoms in total. The second-order valence-corrected chi connectivity index (χ2v) is 2.24. The lowest BCUT2D eigenvalue weighted by molar-refractivity contribution is -0.134. The second kappa shape index (κ2) is 7.86. The number of para-hydroxylation sites is 1. The largest absolute Gasteiger partial charge is 0.497 e. The summed E-state index contributed by atoms with van der Waals surface area (Å²) in [5.74, 6) is 0.516. The Kier molecular flexibility index (Phi) is 6.86. The molecule has 0 radical (unpaired) electrons. The van der Waals surface area contributed by atoms with E-state index in [0.29, 0.717) is 0 Å². The lowest BCUT2D eigenvalue weighted by Gasteiger charge is -1.93. The molecule has 1 rings (SSSR count). The summed E-state index contributed by atoms with van der Waals surface area (Å²) in [4.78, 5) is 9.84. The third kappa shape index (κ3) is 5.83. The van der Waals surface area contributed by atoms with Crippen LogP contribution in [0.5, 0.6) is 5.75 Å². The van der Waals surface area contributed by atoms with Crippen LogP contribution in [0, 0.1) is 0 Å². The van der Waals surface area contributed by atoms with Gasteiger partial charge in [-0.2, -0.15) is 0 Å². The third-order valence-corrected chi connectivity index (χ3v) is 1.35. The molecule has 0 saturated carbocycles.